The van der Waals surface area contributed by atoms with Crippen molar-refractivity contribution in [1.29, 1.82) is 0 Å². The molecule has 20 heavy (non-hydrogen) atoms. The number of hydrogen-bond donors (Lipinski definition) is 1. The molecule has 6 nitrogen and oxygen atoms in total. The quantitative estimate of drug-likeness (QED) is 0.840. The van der Waals surface area contributed by atoms with E-state index in [1.165, 1.54) is 7.11 Å². The zero-order valence-electron chi connectivity index (χ0n) is 10.9. The molecule has 0 aliphatic heterocycles. The number of amides is 1. The number of esters is 1. The number of carbonyl (C=O) groups excluding carboxylic acids is 2. The standard InChI is InChI=1S/C14H13N3O3/c1-20-12(18)9-17-14(19)10-5-4-8-16-13(10)11-6-2-3-7-15-11/h2-8H,9H2,1H3,(H,17,19). The highest BCUT2D eigenvalue weighted by Crippen LogP contribution is 2.18. The Morgan fingerprint density at radius 3 is 2.65 bits per heavy atom. The van der Waals surface area contributed by atoms with Gasteiger partial charge in [-0.3, -0.25) is 19.6 Å². The molecule has 102 valence electrons. The van der Waals surface area contributed by atoms with Gasteiger partial charge in [0.25, 0.3) is 5.91 Å². The molecule has 0 bridgehead atoms. The van der Waals surface area contributed by atoms with E-state index in [2.05, 4.69) is 20.0 Å². The molecule has 0 radical (unpaired) electrons. The summed E-state index contributed by atoms with van der Waals surface area (Å²) >= 11 is 0. The molecule has 2 heterocycles. The third kappa shape index (κ3) is 3.17. The van der Waals surface area contributed by atoms with Gasteiger partial charge in [0.15, 0.2) is 0 Å². The van der Waals surface area contributed by atoms with Crippen LogP contribution in [-0.4, -0.2) is 35.5 Å². The fraction of sp³-hybridized carbons (Fsp3) is 0.143. The molecule has 2 rings (SSSR count). The summed E-state index contributed by atoms with van der Waals surface area (Å²) in [6.07, 6.45) is 3.21. The predicted molar refractivity (Wildman–Crippen MR) is 71.8 cm³/mol. The van der Waals surface area contributed by atoms with Crippen LogP contribution < -0.4 is 5.32 Å². The molecule has 0 saturated carbocycles. The van der Waals surface area contributed by atoms with Crippen molar-refractivity contribution in [2.75, 3.05) is 13.7 Å². The molecule has 0 aliphatic rings. The van der Waals surface area contributed by atoms with E-state index in [9.17, 15) is 9.59 Å². The van der Waals surface area contributed by atoms with Gasteiger partial charge >= 0.3 is 5.97 Å². The first-order valence-corrected chi connectivity index (χ1v) is 5.94. The molecule has 6 heteroatoms. The fourth-order valence-electron chi connectivity index (χ4n) is 1.62. The Morgan fingerprint density at radius 1 is 1.15 bits per heavy atom. The van der Waals surface area contributed by atoms with E-state index in [4.69, 9.17) is 0 Å². The zero-order chi connectivity index (χ0) is 14.4. The van der Waals surface area contributed by atoms with Crippen LogP contribution in [0.2, 0.25) is 0 Å². The molecule has 1 amide bonds. The first-order chi connectivity index (χ1) is 9.72. The second-order valence-corrected chi connectivity index (χ2v) is 3.87. The van der Waals surface area contributed by atoms with Crippen LogP contribution in [0.25, 0.3) is 11.4 Å². The van der Waals surface area contributed by atoms with Gasteiger partial charge in [-0.25, -0.2) is 0 Å². The lowest BCUT2D eigenvalue weighted by atomic mass is 10.1. The molecule has 0 fully saturated rings. The molecule has 0 spiro atoms. The van der Waals surface area contributed by atoms with Crippen LogP contribution >= 0.6 is 0 Å². The minimum Gasteiger partial charge on any atom is -0.468 e. The summed E-state index contributed by atoms with van der Waals surface area (Å²) in [5, 5.41) is 2.48. The van der Waals surface area contributed by atoms with Crippen molar-refractivity contribution in [3.63, 3.8) is 0 Å². The van der Waals surface area contributed by atoms with Gasteiger partial charge in [0.1, 0.15) is 12.2 Å². The Bertz CT molecular complexity index is 614. The maximum absolute atomic E-state index is 12.1. The van der Waals surface area contributed by atoms with Gasteiger partial charge in [-0.2, -0.15) is 0 Å². The van der Waals surface area contributed by atoms with Crippen LogP contribution in [0.15, 0.2) is 42.7 Å². The van der Waals surface area contributed by atoms with E-state index >= 15 is 0 Å². The van der Waals surface area contributed by atoms with Gasteiger partial charge in [0.05, 0.1) is 18.4 Å². The monoisotopic (exact) mass is 271 g/mol. The Hall–Kier alpha value is -2.76. The van der Waals surface area contributed by atoms with Crippen molar-refractivity contribution in [3.05, 3.63) is 48.3 Å². The molecule has 0 atom stereocenters. The molecule has 0 unspecified atom stereocenters. The second kappa shape index (κ2) is 6.42. The number of pyridine rings is 2. The van der Waals surface area contributed by atoms with E-state index in [1.807, 2.05) is 6.07 Å². The number of nitrogens with zero attached hydrogens (tertiary/aromatic N) is 2. The number of hydrogen-bond acceptors (Lipinski definition) is 5. The Morgan fingerprint density at radius 2 is 1.95 bits per heavy atom. The molecule has 0 aliphatic carbocycles. The molecule has 2 aromatic rings. The molecular formula is C14H13N3O3. The topological polar surface area (TPSA) is 81.2 Å². The molecular weight excluding hydrogens is 258 g/mol. The Balaban J connectivity index is 2.24. The number of nitrogens with one attached hydrogen (secondary N) is 1. The van der Waals surface area contributed by atoms with E-state index < -0.39 is 11.9 Å². The molecule has 2 aromatic heterocycles. The zero-order valence-corrected chi connectivity index (χ0v) is 10.9. The lowest BCUT2D eigenvalue weighted by Gasteiger charge is -2.08. The Labute approximate surface area is 115 Å². The first kappa shape index (κ1) is 13.7. The van der Waals surface area contributed by atoms with Crippen LogP contribution in [0.4, 0.5) is 0 Å². The maximum Gasteiger partial charge on any atom is 0.325 e. The SMILES string of the molecule is COC(=O)CNC(=O)c1cccnc1-c1ccccn1. The highest BCUT2D eigenvalue weighted by Gasteiger charge is 2.15. The van der Waals surface area contributed by atoms with Crippen LogP contribution in [-0.2, 0) is 9.53 Å². The van der Waals surface area contributed by atoms with Gasteiger partial charge in [-0.15, -0.1) is 0 Å². The minimum absolute atomic E-state index is 0.189. The first-order valence-electron chi connectivity index (χ1n) is 5.94. The smallest absolute Gasteiger partial charge is 0.325 e. The summed E-state index contributed by atoms with van der Waals surface area (Å²) in [5.74, 6) is -0.911. The van der Waals surface area contributed by atoms with Crippen LogP contribution in [0.1, 0.15) is 10.4 Å². The number of rotatable bonds is 4. The van der Waals surface area contributed by atoms with Crippen molar-refractivity contribution in [3.8, 4) is 11.4 Å². The maximum atomic E-state index is 12.1. The summed E-state index contributed by atoms with van der Waals surface area (Å²) < 4.78 is 4.47. The number of methoxy groups -OCH3 is 1. The molecule has 1 N–H and O–H groups in total. The van der Waals surface area contributed by atoms with Crippen LogP contribution in [0.5, 0.6) is 0 Å². The van der Waals surface area contributed by atoms with Gasteiger partial charge in [-0.05, 0) is 24.3 Å². The summed E-state index contributed by atoms with van der Waals surface area (Å²) in [5.41, 5.74) is 1.42. The average molecular weight is 271 g/mol. The van der Waals surface area contributed by atoms with Gasteiger partial charge in [-0.1, -0.05) is 6.07 Å². The van der Waals surface area contributed by atoms with Crippen LogP contribution in [0.3, 0.4) is 0 Å². The van der Waals surface area contributed by atoms with Crippen LogP contribution in [0, 0.1) is 0 Å². The van der Waals surface area contributed by atoms with Gasteiger partial charge in [0, 0.05) is 12.4 Å². The van der Waals surface area contributed by atoms with Crippen molar-refractivity contribution >= 4 is 11.9 Å². The largest absolute Gasteiger partial charge is 0.468 e. The number of aromatic nitrogens is 2. The summed E-state index contributed by atoms with van der Waals surface area (Å²) in [6, 6.07) is 8.64. The van der Waals surface area contributed by atoms with E-state index in [0.717, 1.165) is 0 Å². The van der Waals surface area contributed by atoms with E-state index in [0.29, 0.717) is 17.0 Å². The lowest BCUT2D eigenvalue weighted by molar-refractivity contribution is -0.139. The highest BCUT2D eigenvalue weighted by atomic mass is 16.5. The molecule has 0 saturated heterocycles. The van der Waals surface area contributed by atoms with Crippen molar-refractivity contribution in [2.24, 2.45) is 0 Å². The highest BCUT2D eigenvalue weighted by molar-refractivity contribution is 6.00. The number of carbonyl (C=O) groups is 2. The Kier molecular flexibility index (Phi) is 4.39. The summed E-state index contributed by atoms with van der Waals surface area (Å²) in [7, 11) is 1.26. The van der Waals surface area contributed by atoms with E-state index in [-0.39, 0.29) is 6.54 Å². The third-order valence-corrected chi connectivity index (χ3v) is 2.58. The lowest BCUT2D eigenvalue weighted by Crippen LogP contribution is -2.30. The summed E-state index contributed by atoms with van der Waals surface area (Å²) in [6.45, 7) is -0.189. The van der Waals surface area contributed by atoms with Crippen molar-refractivity contribution in [2.45, 2.75) is 0 Å². The normalized spacial score (nSPS) is 9.85. The predicted octanol–water partition coefficient (Wildman–Crippen LogP) is 1.05. The van der Waals surface area contributed by atoms with Crippen molar-refractivity contribution in [1.82, 2.24) is 15.3 Å². The van der Waals surface area contributed by atoms with E-state index in [1.54, 1.807) is 36.7 Å². The average Bonchev–Trinajstić information content (AvgIpc) is 2.53. The minimum atomic E-state index is -0.512. The van der Waals surface area contributed by atoms with Gasteiger partial charge in [0.2, 0.25) is 0 Å². The molecule has 0 aromatic carbocycles. The van der Waals surface area contributed by atoms with Gasteiger partial charge < -0.3 is 10.1 Å². The van der Waals surface area contributed by atoms with Crippen molar-refractivity contribution < 1.29 is 14.3 Å². The second-order valence-electron chi connectivity index (χ2n) is 3.87. The summed E-state index contributed by atoms with van der Waals surface area (Å²) in [4.78, 5) is 31.5. The number of ether oxygens (including phenoxy) is 1. The third-order valence-electron chi connectivity index (χ3n) is 2.58. The fourth-order valence-corrected chi connectivity index (χ4v) is 1.62.